The number of nitrogens with one attached hydrogen (secondary N) is 1. The van der Waals surface area contributed by atoms with Crippen molar-refractivity contribution in [1.82, 2.24) is 5.32 Å². The molecule has 0 aliphatic rings. The van der Waals surface area contributed by atoms with Gasteiger partial charge in [-0.05, 0) is 38.1 Å². The maximum absolute atomic E-state index is 11.4. The molecular weight excluding hydrogens is 260 g/mol. The zero-order chi connectivity index (χ0) is 15.0. The number of hydrogen-bond donors (Lipinski definition) is 1. The number of ether oxygens (including phenoxy) is 2. The summed E-state index contributed by atoms with van der Waals surface area (Å²) in [6, 6.07) is 8.29. The molecule has 1 rings (SSSR count). The Morgan fingerprint density at radius 2 is 1.90 bits per heavy atom. The Balaban J connectivity index is 2.29. The van der Waals surface area contributed by atoms with E-state index in [9.17, 15) is 9.59 Å². The molecule has 0 saturated carbocycles. The van der Waals surface area contributed by atoms with E-state index in [0.29, 0.717) is 11.3 Å². The molecule has 0 aliphatic carbocycles. The zero-order valence-electron chi connectivity index (χ0n) is 11.4. The van der Waals surface area contributed by atoms with Gasteiger partial charge in [0.25, 0.3) is 5.91 Å². The Morgan fingerprint density at radius 1 is 1.25 bits per heavy atom. The van der Waals surface area contributed by atoms with E-state index >= 15 is 0 Å². The predicted molar refractivity (Wildman–Crippen MR) is 70.9 cm³/mol. The smallest absolute Gasteiger partial charge is 0.344 e. The normalized spacial score (nSPS) is 9.70. The van der Waals surface area contributed by atoms with Crippen molar-refractivity contribution in [2.75, 3.05) is 13.2 Å². The van der Waals surface area contributed by atoms with Crippen molar-refractivity contribution < 1.29 is 19.1 Å². The molecule has 0 atom stereocenters. The van der Waals surface area contributed by atoms with Crippen LogP contribution in [0.25, 0.3) is 0 Å². The summed E-state index contributed by atoms with van der Waals surface area (Å²) in [6.07, 6.45) is 0. The molecule has 0 heterocycles. The summed E-state index contributed by atoms with van der Waals surface area (Å²) in [5.74, 6) is -0.535. The molecule has 1 aromatic carbocycles. The lowest BCUT2D eigenvalue weighted by Crippen LogP contribution is -2.34. The first-order chi connectivity index (χ1) is 9.51. The highest BCUT2D eigenvalue weighted by molar-refractivity contribution is 5.81. The molecule has 1 aromatic rings. The standard InChI is InChI=1S/C14H16N2O4/c1-10(2)16-13(17)8-20-14(18)9-19-12-5-3-11(7-15)4-6-12/h3-6,10H,8-9H2,1-2H3,(H,16,17). The van der Waals surface area contributed by atoms with Crippen LogP contribution in [0.1, 0.15) is 19.4 Å². The van der Waals surface area contributed by atoms with Crippen molar-refractivity contribution in [3.63, 3.8) is 0 Å². The fraction of sp³-hybridized carbons (Fsp3) is 0.357. The lowest BCUT2D eigenvalue weighted by atomic mass is 10.2. The topological polar surface area (TPSA) is 88.4 Å². The minimum atomic E-state index is -0.631. The maximum atomic E-state index is 11.4. The van der Waals surface area contributed by atoms with E-state index in [0.717, 1.165) is 0 Å². The Labute approximate surface area is 117 Å². The van der Waals surface area contributed by atoms with Gasteiger partial charge in [0.1, 0.15) is 5.75 Å². The number of nitriles is 1. The molecule has 1 amide bonds. The third-order valence-corrected chi connectivity index (χ3v) is 2.15. The number of carbonyl (C=O) groups is 2. The Hall–Kier alpha value is -2.55. The van der Waals surface area contributed by atoms with Gasteiger partial charge in [-0.3, -0.25) is 4.79 Å². The number of esters is 1. The van der Waals surface area contributed by atoms with Gasteiger partial charge in [0.05, 0.1) is 11.6 Å². The van der Waals surface area contributed by atoms with E-state index in [1.165, 1.54) is 0 Å². The Kier molecular flexibility index (Phi) is 6.04. The predicted octanol–water partition coefficient (Wildman–Crippen LogP) is 1.00. The summed E-state index contributed by atoms with van der Waals surface area (Å²) in [4.78, 5) is 22.6. The highest BCUT2D eigenvalue weighted by atomic mass is 16.6. The van der Waals surface area contributed by atoms with Gasteiger partial charge in [-0.25, -0.2) is 4.79 Å². The van der Waals surface area contributed by atoms with Gasteiger partial charge in [-0.2, -0.15) is 5.26 Å². The van der Waals surface area contributed by atoms with E-state index in [1.807, 2.05) is 19.9 Å². The first-order valence-corrected chi connectivity index (χ1v) is 6.09. The molecule has 0 spiro atoms. The van der Waals surface area contributed by atoms with E-state index in [2.05, 4.69) is 5.32 Å². The minimum absolute atomic E-state index is 0.00361. The Bertz CT molecular complexity index is 503. The molecule has 1 N–H and O–H groups in total. The molecule has 0 fully saturated rings. The van der Waals surface area contributed by atoms with Gasteiger partial charge in [-0.1, -0.05) is 0 Å². The molecule has 0 aromatic heterocycles. The second-order valence-electron chi connectivity index (χ2n) is 4.31. The molecule has 0 unspecified atom stereocenters. The molecule has 106 valence electrons. The number of carbonyl (C=O) groups excluding carboxylic acids is 2. The van der Waals surface area contributed by atoms with Crippen LogP contribution in [0.3, 0.4) is 0 Å². The molecule has 0 aliphatic heterocycles. The summed E-state index contributed by atoms with van der Waals surface area (Å²) in [5, 5.41) is 11.2. The highest BCUT2D eigenvalue weighted by Crippen LogP contribution is 2.11. The van der Waals surface area contributed by atoms with Gasteiger partial charge in [-0.15, -0.1) is 0 Å². The molecule has 6 heteroatoms. The van der Waals surface area contributed by atoms with Gasteiger partial charge in [0, 0.05) is 6.04 Å². The third kappa shape index (κ3) is 5.87. The first kappa shape index (κ1) is 15.5. The van der Waals surface area contributed by atoms with Crippen molar-refractivity contribution in [2.24, 2.45) is 0 Å². The van der Waals surface area contributed by atoms with Crippen molar-refractivity contribution in [1.29, 1.82) is 5.26 Å². The fourth-order valence-corrected chi connectivity index (χ4v) is 1.32. The van der Waals surface area contributed by atoms with Gasteiger partial charge < -0.3 is 14.8 Å². The van der Waals surface area contributed by atoms with Crippen LogP contribution in [-0.4, -0.2) is 31.1 Å². The average molecular weight is 276 g/mol. The molecule has 20 heavy (non-hydrogen) atoms. The second-order valence-corrected chi connectivity index (χ2v) is 4.31. The van der Waals surface area contributed by atoms with Crippen molar-refractivity contribution in [3.05, 3.63) is 29.8 Å². The van der Waals surface area contributed by atoms with E-state index in [1.54, 1.807) is 24.3 Å². The van der Waals surface area contributed by atoms with Crippen LogP contribution < -0.4 is 10.1 Å². The lowest BCUT2D eigenvalue weighted by Gasteiger charge is -2.09. The summed E-state index contributed by atoms with van der Waals surface area (Å²) >= 11 is 0. The van der Waals surface area contributed by atoms with Gasteiger partial charge in [0.15, 0.2) is 13.2 Å². The second kappa shape index (κ2) is 7.79. The number of nitrogens with zero attached hydrogens (tertiary/aromatic N) is 1. The number of benzene rings is 1. The first-order valence-electron chi connectivity index (χ1n) is 6.09. The number of hydrogen-bond acceptors (Lipinski definition) is 5. The van der Waals surface area contributed by atoms with Crippen LogP contribution in [0.5, 0.6) is 5.75 Å². The van der Waals surface area contributed by atoms with Crippen molar-refractivity contribution in [3.8, 4) is 11.8 Å². The van der Waals surface area contributed by atoms with Crippen molar-refractivity contribution in [2.45, 2.75) is 19.9 Å². The average Bonchev–Trinajstić information content (AvgIpc) is 2.42. The summed E-state index contributed by atoms with van der Waals surface area (Å²) in [5.41, 5.74) is 0.505. The summed E-state index contributed by atoms with van der Waals surface area (Å²) < 4.78 is 9.91. The monoisotopic (exact) mass is 276 g/mol. The van der Waals surface area contributed by atoms with Gasteiger partial charge >= 0.3 is 5.97 Å². The van der Waals surface area contributed by atoms with E-state index in [4.69, 9.17) is 14.7 Å². The maximum Gasteiger partial charge on any atom is 0.344 e. The van der Waals surface area contributed by atoms with Crippen LogP contribution in [0, 0.1) is 11.3 Å². The molecular formula is C14H16N2O4. The van der Waals surface area contributed by atoms with Crippen LogP contribution in [0.4, 0.5) is 0 Å². The number of amides is 1. The molecule has 0 radical (unpaired) electrons. The summed E-state index contributed by atoms with van der Waals surface area (Å²) in [6.45, 7) is 3.01. The molecule has 0 saturated heterocycles. The van der Waals surface area contributed by atoms with Crippen molar-refractivity contribution >= 4 is 11.9 Å². The van der Waals surface area contributed by atoms with Gasteiger partial charge in [0.2, 0.25) is 0 Å². The zero-order valence-corrected chi connectivity index (χ0v) is 11.4. The largest absolute Gasteiger partial charge is 0.482 e. The van der Waals surface area contributed by atoms with E-state index in [-0.39, 0.29) is 25.2 Å². The van der Waals surface area contributed by atoms with Crippen LogP contribution in [-0.2, 0) is 14.3 Å². The minimum Gasteiger partial charge on any atom is -0.482 e. The lowest BCUT2D eigenvalue weighted by molar-refractivity contribution is -0.150. The fourth-order valence-electron chi connectivity index (χ4n) is 1.32. The van der Waals surface area contributed by atoms with Crippen LogP contribution >= 0.6 is 0 Å². The quantitative estimate of drug-likeness (QED) is 0.783. The van der Waals surface area contributed by atoms with Crippen LogP contribution in [0.2, 0.25) is 0 Å². The third-order valence-electron chi connectivity index (χ3n) is 2.15. The highest BCUT2D eigenvalue weighted by Gasteiger charge is 2.09. The van der Waals surface area contributed by atoms with E-state index < -0.39 is 5.97 Å². The molecule has 6 nitrogen and oxygen atoms in total. The number of rotatable bonds is 6. The Morgan fingerprint density at radius 3 is 2.45 bits per heavy atom. The summed E-state index contributed by atoms with van der Waals surface area (Å²) in [7, 11) is 0. The molecule has 0 bridgehead atoms. The van der Waals surface area contributed by atoms with Crippen LogP contribution in [0.15, 0.2) is 24.3 Å². The SMILES string of the molecule is CC(C)NC(=O)COC(=O)COc1ccc(C#N)cc1.